The molecule has 1 atom stereocenters. The Balaban J connectivity index is 2.64. The molecule has 0 N–H and O–H groups in total. The maximum Gasteiger partial charge on any atom is 0.179 e. The molecule has 0 radical (unpaired) electrons. The topological polar surface area (TPSA) is 32.8 Å². The molecule has 4 heteroatoms. The van der Waals surface area contributed by atoms with Gasteiger partial charge >= 0.3 is 0 Å². The Morgan fingerprint density at radius 2 is 1.74 bits per heavy atom. The second-order valence-corrected chi connectivity index (χ2v) is 5.05. The lowest BCUT2D eigenvalue weighted by molar-refractivity contribution is 0.0862. The van der Waals surface area contributed by atoms with Gasteiger partial charge in [-0.05, 0) is 52.3 Å². The zero-order valence-corrected chi connectivity index (χ0v) is 12.5. The zero-order valence-electron chi connectivity index (χ0n) is 12.5. The Labute approximate surface area is 116 Å². The second-order valence-electron chi connectivity index (χ2n) is 5.05. The van der Waals surface area contributed by atoms with E-state index in [-0.39, 0.29) is 11.8 Å². The summed E-state index contributed by atoms with van der Waals surface area (Å²) in [6.07, 6.45) is 0. The predicted molar refractivity (Wildman–Crippen MR) is 78.0 cm³/mol. The van der Waals surface area contributed by atoms with Gasteiger partial charge in [0.15, 0.2) is 5.78 Å². The fraction of sp³-hybridized carbons (Fsp3) is 0.533. The molecule has 0 aliphatic carbocycles. The highest BCUT2D eigenvalue weighted by atomic mass is 16.5. The van der Waals surface area contributed by atoms with Gasteiger partial charge in [-0.15, -0.1) is 0 Å². The summed E-state index contributed by atoms with van der Waals surface area (Å²) < 4.78 is 5.09. The van der Waals surface area contributed by atoms with Crippen molar-refractivity contribution in [2.75, 3.05) is 41.3 Å². The van der Waals surface area contributed by atoms with E-state index in [0.717, 1.165) is 24.4 Å². The van der Waals surface area contributed by atoms with Crippen molar-refractivity contribution in [1.29, 1.82) is 0 Å². The van der Waals surface area contributed by atoms with Crippen LogP contribution in [0.15, 0.2) is 24.3 Å². The molecule has 1 unspecified atom stereocenters. The maximum atomic E-state index is 12.3. The largest absolute Gasteiger partial charge is 0.497 e. The van der Waals surface area contributed by atoms with Gasteiger partial charge in [-0.2, -0.15) is 0 Å². The Kier molecular flexibility index (Phi) is 5.99. The third kappa shape index (κ3) is 4.65. The monoisotopic (exact) mass is 264 g/mol. The minimum atomic E-state index is -0.117. The quantitative estimate of drug-likeness (QED) is 0.703. The molecule has 0 aliphatic rings. The van der Waals surface area contributed by atoms with Crippen molar-refractivity contribution in [2.24, 2.45) is 0 Å². The molecular formula is C15H24N2O2. The maximum absolute atomic E-state index is 12.3. The number of carbonyl (C=O) groups excluding carboxylic acids is 1. The fourth-order valence-electron chi connectivity index (χ4n) is 1.75. The molecule has 0 saturated heterocycles. The predicted octanol–water partition coefficient (Wildman–Crippen LogP) is 1.76. The minimum absolute atomic E-state index is 0.117. The second kappa shape index (κ2) is 7.26. The number of Topliss-reactive ketones (excluding diaryl/α,β-unsaturated/α-hetero) is 1. The first-order chi connectivity index (χ1) is 8.95. The van der Waals surface area contributed by atoms with Crippen LogP contribution in [0.1, 0.15) is 17.3 Å². The molecule has 0 heterocycles. The lowest BCUT2D eigenvalue weighted by Crippen LogP contribution is -2.39. The number of rotatable bonds is 7. The molecule has 0 saturated carbocycles. The summed E-state index contributed by atoms with van der Waals surface area (Å²) in [7, 11) is 7.66. The third-order valence-corrected chi connectivity index (χ3v) is 3.32. The molecule has 1 rings (SSSR count). The number of carbonyl (C=O) groups is 1. The van der Waals surface area contributed by atoms with Crippen molar-refractivity contribution in [3.05, 3.63) is 29.8 Å². The lowest BCUT2D eigenvalue weighted by Gasteiger charge is -2.25. The van der Waals surface area contributed by atoms with Crippen LogP contribution in [-0.4, -0.2) is 63.0 Å². The highest BCUT2D eigenvalue weighted by Crippen LogP contribution is 2.14. The van der Waals surface area contributed by atoms with E-state index in [9.17, 15) is 4.79 Å². The first kappa shape index (κ1) is 15.7. The van der Waals surface area contributed by atoms with Crippen LogP contribution in [0.5, 0.6) is 5.75 Å². The van der Waals surface area contributed by atoms with Crippen LogP contribution in [0, 0.1) is 0 Å². The van der Waals surface area contributed by atoms with Crippen molar-refractivity contribution in [3.8, 4) is 5.75 Å². The van der Waals surface area contributed by atoms with Gasteiger partial charge in [-0.1, -0.05) is 0 Å². The molecule has 0 aliphatic heterocycles. The van der Waals surface area contributed by atoms with E-state index < -0.39 is 0 Å². The molecule has 0 spiro atoms. The number of ketones is 1. The first-order valence-corrected chi connectivity index (χ1v) is 6.49. The molecule has 1 aromatic carbocycles. The molecule has 106 valence electrons. The molecule has 0 bridgehead atoms. The molecule has 1 aromatic rings. The molecular weight excluding hydrogens is 240 g/mol. The highest BCUT2D eigenvalue weighted by Gasteiger charge is 2.19. The van der Waals surface area contributed by atoms with Gasteiger partial charge < -0.3 is 9.64 Å². The van der Waals surface area contributed by atoms with Crippen molar-refractivity contribution < 1.29 is 9.53 Å². The Bertz CT molecular complexity index is 401. The molecule has 0 fully saturated rings. The summed E-state index contributed by atoms with van der Waals surface area (Å²) >= 11 is 0. The van der Waals surface area contributed by atoms with Gasteiger partial charge in [0.05, 0.1) is 13.2 Å². The van der Waals surface area contributed by atoms with Crippen molar-refractivity contribution in [2.45, 2.75) is 13.0 Å². The van der Waals surface area contributed by atoms with E-state index in [1.165, 1.54) is 0 Å². The number of nitrogens with zero attached hydrogens (tertiary/aromatic N) is 2. The van der Waals surface area contributed by atoms with E-state index in [1.54, 1.807) is 7.11 Å². The Morgan fingerprint density at radius 3 is 2.21 bits per heavy atom. The number of hydrogen-bond donors (Lipinski definition) is 0. The van der Waals surface area contributed by atoms with Gasteiger partial charge in [-0.25, -0.2) is 0 Å². The summed E-state index contributed by atoms with van der Waals surface area (Å²) in [5.74, 6) is 0.911. The highest BCUT2D eigenvalue weighted by molar-refractivity contribution is 5.99. The number of likely N-dealkylation sites (N-methyl/N-ethyl adjacent to an activating group) is 2. The van der Waals surface area contributed by atoms with Gasteiger partial charge in [0.2, 0.25) is 0 Å². The van der Waals surface area contributed by atoms with E-state index in [1.807, 2.05) is 52.3 Å². The minimum Gasteiger partial charge on any atom is -0.497 e. The number of benzene rings is 1. The summed E-state index contributed by atoms with van der Waals surface area (Å²) in [6.45, 7) is 3.76. The van der Waals surface area contributed by atoms with Crippen molar-refractivity contribution in [3.63, 3.8) is 0 Å². The average Bonchev–Trinajstić information content (AvgIpc) is 2.43. The molecule has 0 aromatic heterocycles. The first-order valence-electron chi connectivity index (χ1n) is 6.49. The average molecular weight is 264 g/mol. The van der Waals surface area contributed by atoms with Crippen LogP contribution in [0.2, 0.25) is 0 Å². The Morgan fingerprint density at radius 1 is 1.16 bits per heavy atom. The van der Waals surface area contributed by atoms with Gasteiger partial charge in [0.1, 0.15) is 5.75 Å². The van der Waals surface area contributed by atoms with Crippen LogP contribution < -0.4 is 4.74 Å². The number of hydrogen-bond acceptors (Lipinski definition) is 4. The van der Waals surface area contributed by atoms with Crippen LogP contribution in [0.3, 0.4) is 0 Å². The smallest absolute Gasteiger partial charge is 0.179 e. The van der Waals surface area contributed by atoms with Crippen LogP contribution >= 0.6 is 0 Å². The van der Waals surface area contributed by atoms with Crippen molar-refractivity contribution in [1.82, 2.24) is 9.80 Å². The van der Waals surface area contributed by atoms with E-state index in [4.69, 9.17) is 4.74 Å². The zero-order chi connectivity index (χ0) is 14.4. The molecule has 4 nitrogen and oxygen atoms in total. The van der Waals surface area contributed by atoms with E-state index in [2.05, 4.69) is 9.80 Å². The van der Waals surface area contributed by atoms with E-state index >= 15 is 0 Å². The van der Waals surface area contributed by atoms with Gasteiger partial charge in [0, 0.05) is 18.7 Å². The molecule has 0 amide bonds. The van der Waals surface area contributed by atoms with Crippen LogP contribution in [0.4, 0.5) is 0 Å². The van der Waals surface area contributed by atoms with Crippen LogP contribution in [0.25, 0.3) is 0 Å². The lowest BCUT2D eigenvalue weighted by atomic mass is 10.0. The normalized spacial score (nSPS) is 12.8. The van der Waals surface area contributed by atoms with Gasteiger partial charge in [0.25, 0.3) is 0 Å². The van der Waals surface area contributed by atoms with E-state index in [0.29, 0.717) is 0 Å². The summed E-state index contributed by atoms with van der Waals surface area (Å²) in [5.41, 5.74) is 0.727. The fourth-order valence-corrected chi connectivity index (χ4v) is 1.75. The third-order valence-electron chi connectivity index (χ3n) is 3.32. The SMILES string of the molecule is COc1ccc(C(=O)C(C)N(C)CCN(C)C)cc1. The van der Waals surface area contributed by atoms with Gasteiger partial charge in [-0.3, -0.25) is 9.69 Å². The van der Waals surface area contributed by atoms with Crippen LogP contribution in [-0.2, 0) is 0 Å². The summed E-state index contributed by atoms with van der Waals surface area (Å²) in [6, 6.07) is 7.16. The Hall–Kier alpha value is -1.39. The summed E-state index contributed by atoms with van der Waals surface area (Å²) in [4.78, 5) is 16.5. The van der Waals surface area contributed by atoms with Crippen molar-refractivity contribution >= 4 is 5.78 Å². The summed E-state index contributed by atoms with van der Waals surface area (Å²) in [5, 5.41) is 0. The standard InChI is InChI=1S/C15H24N2O2/c1-12(17(4)11-10-16(2)3)15(18)13-6-8-14(19-5)9-7-13/h6-9,12H,10-11H2,1-5H3. The number of ether oxygens (including phenoxy) is 1. The molecule has 19 heavy (non-hydrogen) atoms. The number of methoxy groups -OCH3 is 1.